The van der Waals surface area contributed by atoms with Gasteiger partial charge in [-0.3, -0.25) is 0 Å². The molecule has 2 aromatic rings. The Hall–Kier alpha value is -1.62. The van der Waals surface area contributed by atoms with Crippen LogP contribution in [0.15, 0.2) is 12.4 Å². The van der Waals surface area contributed by atoms with Gasteiger partial charge in [-0.25, -0.2) is 0 Å². The van der Waals surface area contributed by atoms with Crippen molar-refractivity contribution in [2.75, 3.05) is 0 Å². The minimum Gasteiger partial charge on any atom is -0.346 e. The average Bonchev–Trinajstić information content (AvgIpc) is 2.89. The van der Waals surface area contributed by atoms with Gasteiger partial charge in [0.2, 0.25) is 0 Å². The van der Waals surface area contributed by atoms with E-state index >= 15 is 0 Å². The van der Waals surface area contributed by atoms with E-state index in [0.717, 1.165) is 31.0 Å². The summed E-state index contributed by atoms with van der Waals surface area (Å²) in [5, 5.41) is 8.28. The van der Waals surface area contributed by atoms with Crippen molar-refractivity contribution >= 4 is 0 Å². The van der Waals surface area contributed by atoms with Crippen LogP contribution in [0.3, 0.4) is 0 Å². The van der Waals surface area contributed by atoms with Gasteiger partial charge in [0, 0.05) is 25.5 Å². The molecule has 0 fully saturated rings. The summed E-state index contributed by atoms with van der Waals surface area (Å²) in [4.78, 5) is 0. The molecule has 3 rings (SSSR count). The molecule has 0 spiro atoms. The van der Waals surface area contributed by atoms with Crippen LogP contribution in [-0.2, 0) is 20.0 Å². The zero-order valence-electron chi connectivity index (χ0n) is 10.9. The molecule has 2 N–H and O–H groups in total. The summed E-state index contributed by atoms with van der Waals surface area (Å²) < 4.78 is 4.21. The minimum absolute atomic E-state index is 0.205. The van der Waals surface area contributed by atoms with Gasteiger partial charge in [0.25, 0.3) is 0 Å². The number of aromatic nitrogens is 4. The second-order valence-corrected chi connectivity index (χ2v) is 5.13. The molecule has 2 heterocycles. The highest BCUT2D eigenvalue weighted by molar-refractivity contribution is 5.30. The maximum atomic E-state index is 6.14. The molecule has 0 saturated carbocycles. The first kappa shape index (κ1) is 11.5. The van der Waals surface area contributed by atoms with Crippen molar-refractivity contribution in [2.45, 2.75) is 38.8 Å². The number of hydrogen-bond acceptors (Lipinski definition) is 3. The molecule has 0 bridgehead atoms. The third kappa shape index (κ3) is 1.84. The Morgan fingerprint density at radius 1 is 1.39 bits per heavy atom. The Morgan fingerprint density at radius 3 is 2.89 bits per heavy atom. The van der Waals surface area contributed by atoms with Crippen LogP contribution < -0.4 is 5.73 Å². The summed E-state index contributed by atoms with van der Waals surface area (Å²) in [7, 11) is 2.00. The topological polar surface area (TPSA) is 61.7 Å². The van der Waals surface area contributed by atoms with Gasteiger partial charge in [0.15, 0.2) is 5.82 Å². The second-order valence-electron chi connectivity index (χ2n) is 5.13. The summed E-state index contributed by atoms with van der Waals surface area (Å²) in [6.07, 6.45) is 7.82. The molecule has 18 heavy (non-hydrogen) atoms. The number of nitrogens with two attached hydrogens (primary N) is 1. The molecule has 0 radical (unpaired) electrons. The van der Waals surface area contributed by atoms with Crippen LogP contribution in [-0.4, -0.2) is 19.3 Å². The van der Waals surface area contributed by atoms with Gasteiger partial charge >= 0.3 is 0 Å². The summed E-state index contributed by atoms with van der Waals surface area (Å²) in [6.45, 7) is 2.73. The largest absolute Gasteiger partial charge is 0.346 e. The van der Waals surface area contributed by atoms with Crippen LogP contribution in [0, 0.1) is 6.92 Å². The van der Waals surface area contributed by atoms with Crippen LogP contribution >= 0.6 is 0 Å². The standard InChI is InChI=1S/C13H19N5/c1-9-15-16-13(17(9)2)8-18-6-10-4-3-5-12(14)11(10)7-18/h6-7,12H,3-5,8,14H2,1-2H3. The number of hydrogen-bond donors (Lipinski definition) is 1. The third-order valence-electron chi connectivity index (χ3n) is 3.86. The fourth-order valence-corrected chi connectivity index (χ4v) is 2.63. The lowest BCUT2D eigenvalue weighted by Crippen LogP contribution is -2.15. The number of fused-ring (bicyclic) bond motifs is 1. The van der Waals surface area contributed by atoms with Gasteiger partial charge in [0.1, 0.15) is 5.82 Å². The fraction of sp³-hybridized carbons (Fsp3) is 0.538. The number of aryl methyl sites for hydroxylation is 2. The monoisotopic (exact) mass is 245 g/mol. The summed E-state index contributed by atoms with van der Waals surface area (Å²) in [5.41, 5.74) is 8.84. The second kappa shape index (κ2) is 4.24. The number of rotatable bonds is 2. The summed E-state index contributed by atoms with van der Waals surface area (Å²) in [6, 6.07) is 0.205. The first-order valence-electron chi connectivity index (χ1n) is 6.44. The Kier molecular flexibility index (Phi) is 2.70. The van der Waals surface area contributed by atoms with Gasteiger partial charge < -0.3 is 14.9 Å². The average molecular weight is 245 g/mol. The Bertz CT molecular complexity index is 566. The van der Waals surface area contributed by atoms with E-state index in [9.17, 15) is 0 Å². The highest BCUT2D eigenvalue weighted by Crippen LogP contribution is 2.28. The molecule has 0 saturated heterocycles. The number of nitrogens with zero attached hydrogens (tertiary/aromatic N) is 4. The van der Waals surface area contributed by atoms with Crippen LogP contribution in [0.1, 0.15) is 41.7 Å². The predicted molar refractivity (Wildman–Crippen MR) is 69.1 cm³/mol. The van der Waals surface area contributed by atoms with Gasteiger partial charge in [0.05, 0.1) is 6.54 Å². The Morgan fingerprint density at radius 2 is 2.22 bits per heavy atom. The molecular formula is C13H19N5. The van der Waals surface area contributed by atoms with Crippen molar-refractivity contribution < 1.29 is 0 Å². The molecule has 1 atom stereocenters. The van der Waals surface area contributed by atoms with E-state index in [-0.39, 0.29) is 6.04 Å². The van der Waals surface area contributed by atoms with E-state index in [1.807, 2.05) is 18.5 Å². The molecule has 0 aromatic carbocycles. The van der Waals surface area contributed by atoms with E-state index < -0.39 is 0 Å². The zero-order valence-corrected chi connectivity index (χ0v) is 10.9. The lowest BCUT2D eigenvalue weighted by Gasteiger charge is -2.17. The van der Waals surface area contributed by atoms with Crippen LogP contribution in [0.4, 0.5) is 0 Å². The minimum atomic E-state index is 0.205. The van der Waals surface area contributed by atoms with E-state index in [1.54, 1.807) is 0 Å². The first-order chi connectivity index (χ1) is 8.65. The quantitative estimate of drug-likeness (QED) is 0.867. The SMILES string of the molecule is Cc1nnc(Cn2cc3c(c2)C(N)CCC3)n1C. The van der Waals surface area contributed by atoms with E-state index in [1.165, 1.54) is 17.5 Å². The van der Waals surface area contributed by atoms with Gasteiger partial charge in [-0.15, -0.1) is 10.2 Å². The van der Waals surface area contributed by atoms with Crippen molar-refractivity contribution in [1.82, 2.24) is 19.3 Å². The molecule has 96 valence electrons. The lowest BCUT2D eigenvalue weighted by atomic mass is 9.92. The molecule has 2 aromatic heterocycles. The Balaban J connectivity index is 1.88. The van der Waals surface area contributed by atoms with E-state index in [4.69, 9.17) is 5.73 Å². The van der Waals surface area contributed by atoms with Crippen molar-refractivity contribution in [3.8, 4) is 0 Å². The molecule has 0 aliphatic heterocycles. The van der Waals surface area contributed by atoms with E-state index in [2.05, 4.69) is 27.2 Å². The summed E-state index contributed by atoms with van der Waals surface area (Å²) >= 11 is 0. The van der Waals surface area contributed by atoms with Gasteiger partial charge in [-0.05, 0) is 37.3 Å². The normalized spacial score (nSPS) is 18.9. The van der Waals surface area contributed by atoms with Crippen molar-refractivity contribution in [3.05, 3.63) is 35.2 Å². The molecular weight excluding hydrogens is 226 g/mol. The third-order valence-corrected chi connectivity index (χ3v) is 3.86. The Labute approximate surface area is 107 Å². The maximum absolute atomic E-state index is 6.14. The summed E-state index contributed by atoms with van der Waals surface area (Å²) in [5.74, 6) is 1.92. The fourth-order valence-electron chi connectivity index (χ4n) is 2.63. The molecule has 5 nitrogen and oxygen atoms in total. The van der Waals surface area contributed by atoms with Crippen molar-refractivity contribution in [1.29, 1.82) is 0 Å². The smallest absolute Gasteiger partial charge is 0.152 e. The van der Waals surface area contributed by atoms with E-state index in [0.29, 0.717) is 0 Å². The van der Waals surface area contributed by atoms with Crippen LogP contribution in [0.25, 0.3) is 0 Å². The highest BCUT2D eigenvalue weighted by Gasteiger charge is 2.19. The maximum Gasteiger partial charge on any atom is 0.152 e. The van der Waals surface area contributed by atoms with Crippen LogP contribution in [0.2, 0.25) is 0 Å². The zero-order chi connectivity index (χ0) is 12.7. The first-order valence-corrected chi connectivity index (χ1v) is 6.44. The van der Waals surface area contributed by atoms with Crippen molar-refractivity contribution in [2.24, 2.45) is 12.8 Å². The van der Waals surface area contributed by atoms with Crippen molar-refractivity contribution in [3.63, 3.8) is 0 Å². The lowest BCUT2D eigenvalue weighted by molar-refractivity contribution is 0.573. The molecule has 0 amide bonds. The highest BCUT2D eigenvalue weighted by atomic mass is 15.3. The molecule has 5 heteroatoms. The van der Waals surface area contributed by atoms with Crippen LogP contribution in [0.5, 0.6) is 0 Å². The van der Waals surface area contributed by atoms with Gasteiger partial charge in [-0.1, -0.05) is 0 Å². The molecule has 1 aliphatic rings. The van der Waals surface area contributed by atoms with Gasteiger partial charge in [-0.2, -0.15) is 0 Å². The molecule has 1 unspecified atom stereocenters. The predicted octanol–water partition coefficient (Wildman–Crippen LogP) is 1.31. The molecule has 1 aliphatic carbocycles.